The Morgan fingerprint density at radius 3 is 3.00 bits per heavy atom. The first-order valence-corrected chi connectivity index (χ1v) is 6.19. The fraction of sp³-hybridized carbons (Fsp3) is 0.182. The van der Waals surface area contributed by atoms with Gasteiger partial charge in [0.25, 0.3) is 5.91 Å². The quantitative estimate of drug-likeness (QED) is 0.891. The van der Waals surface area contributed by atoms with Crippen LogP contribution < -0.4 is 10.6 Å². The van der Waals surface area contributed by atoms with E-state index in [0.717, 1.165) is 12.3 Å². The Hall–Kier alpha value is -2.02. The Bertz CT molecular complexity index is 544. The Labute approximate surface area is 107 Å². The molecule has 0 fully saturated rings. The van der Waals surface area contributed by atoms with Crippen LogP contribution in [0, 0.1) is 5.82 Å². The van der Waals surface area contributed by atoms with Crippen LogP contribution in [0.5, 0.6) is 0 Å². The van der Waals surface area contributed by atoms with Gasteiger partial charge in [-0.3, -0.25) is 10.1 Å². The van der Waals surface area contributed by atoms with Crippen LogP contribution in [0.25, 0.3) is 0 Å². The van der Waals surface area contributed by atoms with Gasteiger partial charge in [0.2, 0.25) is 0 Å². The van der Waals surface area contributed by atoms with Crippen LogP contribution >= 0.6 is 11.3 Å². The van der Waals surface area contributed by atoms with E-state index in [2.05, 4.69) is 20.6 Å². The van der Waals surface area contributed by atoms with Gasteiger partial charge in [-0.25, -0.2) is 14.4 Å². The van der Waals surface area contributed by atoms with Gasteiger partial charge in [0.1, 0.15) is 11.6 Å². The molecular weight excluding hydrogens is 255 g/mol. The lowest BCUT2D eigenvalue weighted by atomic mass is 10.2. The number of rotatable bonds is 4. The molecule has 0 radical (unpaired) electrons. The van der Waals surface area contributed by atoms with E-state index in [0.29, 0.717) is 17.5 Å². The highest BCUT2D eigenvalue weighted by molar-refractivity contribution is 7.13. The first-order valence-electron chi connectivity index (χ1n) is 5.31. The molecule has 1 amide bonds. The molecular formula is C11H11FN4OS. The summed E-state index contributed by atoms with van der Waals surface area (Å²) >= 11 is 1.29. The number of carbonyl (C=O) groups is 1. The van der Waals surface area contributed by atoms with Gasteiger partial charge in [0.05, 0.1) is 11.8 Å². The SMILES string of the molecule is CCNc1ncc(F)cc1C(=O)Nc1nccs1. The van der Waals surface area contributed by atoms with Crippen molar-refractivity contribution in [2.75, 3.05) is 17.2 Å². The topological polar surface area (TPSA) is 66.9 Å². The fourth-order valence-electron chi connectivity index (χ4n) is 1.37. The molecule has 0 aliphatic rings. The molecule has 2 heterocycles. The van der Waals surface area contributed by atoms with Gasteiger partial charge < -0.3 is 5.32 Å². The molecule has 94 valence electrons. The molecule has 0 aliphatic heterocycles. The van der Waals surface area contributed by atoms with Gasteiger partial charge in [-0.2, -0.15) is 0 Å². The predicted octanol–water partition coefficient (Wildman–Crippen LogP) is 2.36. The number of halogens is 1. The lowest BCUT2D eigenvalue weighted by molar-refractivity contribution is 0.102. The lowest BCUT2D eigenvalue weighted by Gasteiger charge is -2.08. The zero-order valence-corrected chi connectivity index (χ0v) is 10.4. The van der Waals surface area contributed by atoms with E-state index < -0.39 is 11.7 Å². The molecule has 0 spiro atoms. The molecule has 2 rings (SSSR count). The second-order valence-electron chi connectivity index (χ2n) is 3.37. The summed E-state index contributed by atoms with van der Waals surface area (Å²) in [7, 11) is 0. The number of nitrogens with zero attached hydrogens (tertiary/aromatic N) is 2. The predicted molar refractivity (Wildman–Crippen MR) is 68.4 cm³/mol. The molecule has 7 heteroatoms. The average Bonchev–Trinajstić information content (AvgIpc) is 2.84. The van der Waals surface area contributed by atoms with E-state index >= 15 is 0 Å². The van der Waals surface area contributed by atoms with E-state index in [1.165, 1.54) is 11.3 Å². The summed E-state index contributed by atoms with van der Waals surface area (Å²) < 4.78 is 13.1. The summed E-state index contributed by atoms with van der Waals surface area (Å²) in [6, 6.07) is 1.15. The van der Waals surface area contributed by atoms with Crippen molar-refractivity contribution in [3.05, 3.63) is 35.2 Å². The van der Waals surface area contributed by atoms with Crippen molar-refractivity contribution < 1.29 is 9.18 Å². The maximum absolute atomic E-state index is 13.1. The second kappa shape index (κ2) is 5.54. The molecule has 0 saturated heterocycles. The van der Waals surface area contributed by atoms with Crippen LogP contribution in [-0.2, 0) is 0 Å². The highest BCUT2D eigenvalue weighted by Gasteiger charge is 2.14. The van der Waals surface area contributed by atoms with Gasteiger partial charge in [-0.1, -0.05) is 0 Å². The molecule has 0 aromatic carbocycles. The van der Waals surface area contributed by atoms with E-state index in [4.69, 9.17) is 0 Å². The van der Waals surface area contributed by atoms with Crippen molar-refractivity contribution in [2.45, 2.75) is 6.92 Å². The van der Waals surface area contributed by atoms with Crippen LogP contribution in [0.3, 0.4) is 0 Å². The average molecular weight is 266 g/mol. The number of anilines is 2. The summed E-state index contributed by atoms with van der Waals surface area (Å²) in [6.45, 7) is 2.46. The van der Waals surface area contributed by atoms with E-state index in [9.17, 15) is 9.18 Å². The van der Waals surface area contributed by atoms with Crippen molar-refractivity contribution in [1.29, 1.82) is 0 Å². The Morgan fingerprint density at radius 2 is 2.33 bits per heavy atom. The number of pyridine rings is 1. The molecule has 2 aromatic heterocycles. The van der Waals surface area contributed by atoms with Crippen molar-refractivity contribution in [1.82, 2.24) is 9.97 Å². The molecule has 0 bridgehead atoms. The number of amides is 1. The molecule has 5 nitrogen and oxygen atoms in total. The summed E-state index contributed by atoms with van der Waals surface area (Å²) in [5.74, 6) is -0.637. The van der Waals surface area contributed by atoms with Gasteiger partial charge in [-0.05, 0) is 13.0 Å². The van der Waals surface area contributed by atoms with Gasteiger partial charge in [0, 0.05) is 18.1 Å². The fourth-order valence-corrected chi connectivity index (χ4v) is 1.89. The third-order valence-corrected chi connectivity index (χ3v) is 2.78. The van der Waals surface area contributed by atoms with Crippen molar-refractivity contribution >= 4 is 28.2 Å². The Kier molecular flexibility index (Phi) is 3.83. The highest BCUT2D eigenvalue weighted by atomic mass is 32.1. The van der Waals surface area contributed by atoms with Gasteiger partial charge in [0.15, 0.2) is 5.13 Å². The monoisotopic (exact) mass is 266 g/mol. The van der Waals surface area contributed by atoms with E-state index in [1.54, 1.807) is 11.6 Å². The largest absolute Gasteiger partial charge is 0.370 e. The first-order chi connectivity index (χ1) is 8.70. The number of thiazole rings is 1. The maximum Gasteiger partial charge on any atom is 0.261 e. The smallest absolute Gasteiger partial charge is 0.261 e. The zero-order valence-electron chi connectivity index (χ0n) is 9.61. The number of aromatic nitrogens is 2. The normalized spacial score (nSPS) is 10.1. The van der Waals surface area contributed by atoms with Crippen LogP contribution in [0.15, 0.2) is 23.8 Å². The minimum atomic E-state index is -0.555. The summed E-state index contributed by atoms with van der Waals surface area (Å²) in [5.41, 5.74) is 0.159. The zero-order chi connectivity index (χ0) is 13.0. The van der Waals surface area contributed by atoms with Crippen molar-refractivity contribution in [2.24, 2.45) is 0 Å². The number of carbonyl (C=O) groups excluding carboxylic acids is 1. The number of hydrogen-bond acceptors (Lipinski definition) is 5. The molecule has 0 atom stereocenters. The summed E-state index contributed by atoms with van der Waals surface area (Å²) in [5, 5.41) is 7.70. The molecule has 0 unspecified atom stereocenters. The minimum absolute atomic E-state index is 0.159. The Morgan fingerprint density at radius 1 is 1.50 bits per heavy atom. The number of hydrogen-bond donors (Lipinski definition) is 2. The molecule has 0 aliphatic carbocycles. The molecule has 2 N–H and O–H groups in total. The third-order valence-electron chi connectivity index (χ3n) is 2.10. The molecule has 0 saturated carbocycles. The molecule has 2 aromatic rings. The third kappa shape index (κ3) is 2.80. The summed E-state index contributed by atoms with van der Waals surface area (Å²) in [6.07, 6.45) is 2.65. The van der Waals surface area contributed by atoms with Gasteiger partial charge >= 0.3 is 0 Å². The number of nitrogens with one attached hydrogen (secondary N) is 2. The Balaban J connectivity index is 2.25. The molecule has 18 heavy (non-hydrogen) atoms. The lowest BCUT2D eigenvalue weighted by Crippen LogP contribution is -2.16. The van der Waals surface area contributed by atoms with Crippen molar-refractivity contribution in [3.8, 4) is 0 Å². The first kappa shape index (κ1) is 12.4. The minimum Gasteiger partial charge on any atom is -0.370 e. The van der Waals surface area contributed by atoms with Crippen LogP contribution in [0.2, 0.25) is 0 Å². The van der Waals surface area contributed by atoms with Gasteiger partial charge in [-0.15, -0.1) is 11.3 Å². The second-order valence-corrected chi connectivity index (χ2v) is 4.27. The standard InChI is InChI=1S/C11H11FN4OS/c1-2-13-9-8(5-7(12)6-15-9)10(17)16-11-14-3-4-18-11/h3-6H,2H2,1H3,(H,13,15)(H,14,16,17). The van der Waals surface area contributed by atoms with Crippen LogP contribution in [0.1, 0.15) is 17.3 Å². The van der Waals surface area contributed by atoms with Crippen LogP contribution in [0.4, 0.5) is 15.3 Å². The summed E-state index contributed by atoms with van der Waals surface area (Å²) in [4.78, 5) is 19.8. The maximum atomic E-state index is 13.1. The van der Waals surface area contributed by atoms with E-state index in [-0.39, 0.29) is 5.56 Å². The van der Waals surface area contributed by atoms with E-state index in [1.807, 2.05) is 6.92 Å². The highest BCUT2D eigenvalue weighted by Crippen LogP contribution is 2.17. The van der Waals surface area contributed by atoms with Crippen molar-refractivity contribution in [3.63, 3.8) is 0 Å². The van der Waals surface area contributed by atoms with Crippen LogP contribution in [-0.4, -0.2) is 22.4 Å².